The molecule has 6 heteroatoms. The average molecular weight is 280 g/mol. The maximum atomic E-state index is 11.8. The van der Waals surface area contributed by atoms with Gasteiger partial charge in [-0.15, -0.1) is 5.10 Å². The Labute approximate surface area is 119 Å². The zero-order valence-electron chi connectivity index (χ0n) is 12.8. The lowest BCUT2D eigenvalue weighted by molar-refractivity contribution is -0.149. The highest BCUT2D eigenvalue weighted by molar-refractivity contribution is 5.76. The van der Waals surface area contributed by atoms with Crippen molar-refractivity contribution >= 4 is 5.97 Å². The fourth-order valence-corrected chi connectivity index (χ4v) is 3.46. The lowest BCUT2D eigenvalue weighted by atomic mass is 9.80. The van der Waals surface area contributed by atoms with Crippen molar-refractivity contribution in [3.05, 3.63) is 5.82 Å². The van der Waals surface area contributed by atoms with Crippen LogP contribution in [0.3, 0.4) is 0 Å². The van der Waals surface area contributed by atoms with E-state index in [4.69, 9.17) is 0 Å². The first-order valence-electron chi connectivity index (χ1n) is 7.41. The second-order valence-corrected chi connectivity index (χ2v) is 6.43. The van der Waals surface area contributed by atoms with E-state index in [0.29, 0.717) is 12.8 Å². The molecule has 0 bridgehead atoms. The Hall–Kier alpha value is -1.46. The lowest BCUT2D eigenvalue weighted by Crippen LogP contribution is -2.43. The van der Waals surface area contributed by atoms with Crippen LogP contribution in [0.25, 0.3) is 0 Å². The van der Waals surface area contributed by atoms with E-state index >= 15 is 0 Å². The smallest absolute Gasteiger partial charge is 0.331 e. The van der Waals surface area contributed by atoms with Crippen LogP contribution in [-0.4, -0.2) is 31.3 Å². The SMILES string of the molecule is CCC(CC)(C(=O)O)n1nnnc1C1CCCC1(C)C. The second-order valence-electron chi connectivity index (χ2n) is 6.43. The third-order valence-corrected chi connectivity index (χ3v) is 5.04. The summed E-state index contributed by atoms with van der Waals surface area (Å²) in [5, 5.41) is 21.7. The van der Waals surface area contributed by atoms with E-state index in [1.165, 1.54) is 0 Å². The zero-order chi connectivity index (χ0) is 15.0. The number of carboxylic acid groups (broad SMARTS) is 1. The van der Waals surface area contributed by atoms with Crippen molar-refractivity contribution in [2.45, 2.75) is 71.3 Å². The van der Waals surface area contributed by atoms with Gasteiger partial charge in [0.25, 0.3) is 0 Å². The number of tetrazole rings is 1. The fraction of sp³-hybridized carbons (Fsp3) is 0.857. The van der Waals surface area contributed by atoms with Crippen molar-refractivity contribution in [1.82, 2.24) is 20.2 Å². The van der Waals surface area contributed by atoms with Crippen molar-refractivity contribution in [1.29, 1.82) is 0 Å². The summed E-state index contributed by atoms with van der Waals surface area (Å²) in [4.78, 5) is 11.8. The van der Waals surface area contributed by atoms with Crippen molar-refractivity contribution in [3.8, 4) is 0 Å². The lowest BCUT2D eigenvalue weighted by Gasteiger charge is -2.32. The van der Waals surface area contributed by atoms with Gasteiger partial charge < -0.3 is 5.11 Å². The summed E-state index contributed by atoms with van der Waals surface area (Å²) in [6.07, 6.45) is 4.25. The molecule has 0 aromatic carbocycles. The number of aliphatic carboxylic acids is 1. The first kappa shape index (κ1) is 14.9. The van der Waals surface area contributed by atoms with Gasteiger partial charge in [0.05, 0.1) is 0 Å². The largest absolute Gasteiger partial charge is 0.479 e. The van der Waals surface area contributed by atoms with Crippen LogP contribution in [0, 0.1) is 5.41 Å². The van der Waals surface area contributed by atoms with Crippen molar-refractivity contribution in [2.24, 2.45) is 5.41 Å². The number of carbonyl (C=O) groups is 1. The molecule has 0 radical (unpaired) electrons. The minimum Gasteiger partial charge on any atom is -0.479 e. The maximum absolute atomic E-state index is 11.8. The summed E-state index contributed by atoms with van der Waals surface area (Å²) in [7, 11) is 0. The predicted octanol–water partition coefficient (Wildman–Crippen LogP) is 2.57. The number of aromatic nitrogens is 4. The molecule has 1 N–H and O–H groups in total. The summed E-state index contributed by atoms with van der Waals surface area (Å²) in [6, 6.07) is 0. The Kier molecular flexibility index (Phi) is 3.84. The molecule has 1 aromatic rings. The van der Waals surface area contributed by atoms with Crippen LogP contribution in [-0.2, 0) is 10.3 Å². The second kappa shape index (κ2) is 5.14. The molecule has 0 amide bonds. The summed E-state index contributed by atoms with van der Waals surface area (Å²) >= 11 is 0. The highest BCUT2D eigenvalue weighted by atomic mass is 16.4. The van der Waals surface area contributed by atoms with Gasteiger partial charge in [0.2, 0.25) is 0 Å². The van der Waals surface area contributed by atoms with Crippen molar-refractivity contribution in [3.63, 3.8) is 0 Å². The molecule has 20 heavy (non-hydrogen) atoms. The molecule has 1 saturated carbocycles. The van der Waals surface area contributed by atoms with Crippen LogP contribution < -0.4 is 0 Å². The molecule has 0 aliphatic heterocycles. The Morgan fingerprint density at radius 3 is 2.55 bits per heavy atom. The first-order valence-corrected chi connectivity index (χ1v) is 7.41. The maximum Gasteiger partial charge on any atom is 0.331 e. The summed E-state index contributed by atoms with van der Waals surface area (Å²) in [6.45, 7) is 8.18. The van der Waals surface area contributed by atoms with Crippen molar-refractivity contribution in [2.75, 3.05) is 0 Å². The molecule has 6 nitrogen and oxygen atoms in total. The summed E-state index contributed by atoms with van der Waals surface area (Å²) in [5.74, 6) is 0.111. The van der Waals surface area contributed by atoms with Gasteiger partial charge in [0, 0.05) is 5.92 Å². The molecule has 2 rings (SSSR count). The monoisotopic (exact) mass is 280 g/mol. The van der Waals surface area contributed by atoms with Gasteiger partial charge in [-0.25, -0.2) is 9.48 Å². The van der Waals surface area contributed by atoms with Crippen LogP contribution in [0.4, 0.5) is 0 Å². The van der Waals surface area contributed by atoms with Crippen LogP contribution in [0.15, 0.2) is 0 Å². The van der Waals surface area contributed by atoms with Crippen LogP contribution in [0.2, 0.25) is 0 Å². The highest BCUT2D eigenvalue weighted by Crippen LogP contribution is 2.48. The summed E-state index contributed by atoms with van der Waals surface area (Å²) in [5.41, 5.74) is -0.907. The molecular weight excluding hydrogens is 256 g/mol. The van der Waals surface area contributed by atoms with Gasteiger partial charge in [0.15, 0.2) is 11.4 Å². The Bertz CT molecular complexity index is 491. The predicted molar refractivity (Wildman–Crippen MR) is 74.4 cm³/mol. The number of rotatable bonds is 5. The third kappa shape index (κ3) is 2.11. The summed E-state index contributed by atoms with van der Waals surface area (Å²) < 4.78 is 1.58. The van der Waals surface area contributed by atoms with Gasteiger partial charge in [-0.2, -0.15) is 0 Å². The van der Waals surface area contributed by atoms with E-state index in [9.17, 15) is 9.90 Å². The van der Waals surface area contributed by atoms with E-state index < -0.39 is 11.5 Å². The minimum absolute atomic E-state index is 0.123. The van der Waals surface area contributed by atoms with Crippen molar-refractivity contribution < 1.29 is 9.90 Å². The molecule has 1 aliphatic carbocycles. The number of hydrogen-bond acceptors (Lipinski definition) is 4. The van der Waals surface area contributed by atoms with Crippen LogP contribution in [0.5, 0.6) is 0 Å². The van der Waals surface area contributed by atoms with Crippen LogP contribution in [0.1, 0.15) is 71.5 Å². The first-order chi connectivity index (χ1) is 9.39. The third-order valence-electron chi connectivity index (χ3n) is 5.04. The van der Waals surface area contributed by atoms with Crippen LogP contribution >= 0.6 is 0 Å². The molecular formula is C14H24N4O2. The van der Waals surface area contributed by atoms with Gasteiger partial charge in [-0.1, -0.05) is 34.1 Å². The van der Waals surface area contributed by atoms with Gasteiger partial charge >= 0.3 is 5.97 Å². The Morgan fingerprint density at radius 1 is 1.45 bits per heavy atom. The molecule has 0 saturated heterocycles. The average Bonchev–Trinajstić information content (AvgIpc) is 2.97. The number of carboxylic acids is 1. The van der Waals surface area contributed by atoms with Gasteiger partial charge in [-0.05, 0) is 41.5 Å². The molecule has 1 atom stereocenters. The molecule has 1 aliphatic rings. The van der Waals surface area contributed by atoms with E-state index in [-0.39, 0.29) is 11.3 Å². The van der Waals surface area contributed by atoms with Gasteiger partial charge in [-0.3, -0.25) is 0 Å². The molecule has 1 aromatic heterocycles. The van der Waals surface area contributed by atoms with Gasteiger partial charge in [0.1, 0.15) is 0 Å². The van der Waals surface area contributed by atoms with E-state index in [2.05, 4.69) is 29.4 Å². The standard InChI is InChI=1S/C14H24N4O2/c1-5-14(6-2,12(19)20)18-11(15-16-17-18)10-8-7-9-13(10,3)4/h10H,5-9H2,1-4H3,(H,19,20). The topological polar surface area (TPSA) is 80.9 Å². The molecule has 0 spiro atoms. The van der Waals surface area contributed by atoms with E-state index in [0.717, 1.165) is 25.1 Å². The number of hydrogen-bond donors (Lipinski definition) is 1. The van der Waals surface area contributed by atoms with E-state index in [1.807, 2.05) is 13.8 Å². The molecule has 112 valence electrons. The quantitative estimate of drug-likeness (QED) is 0.896. The Balaban J connectivity index is 2.50. The van der Waals surface area contributed by atoms with E-state index in [1.54, 1.807) is 4.68 Å². The zero-order valence-corrected chi connectivity index (χ0v) is 12.8. The number of nitrogens with zero attached hydrogens (tertiary/aromatic N) is 4. The highest BCUT2D eigenvalue weighted by Gasteiger charge is 2.45. The normalized spacial score (nSPS) is 22.1. The molecule has 1 unspecified atom stereocenters. The molecule has 1 heterocycles. The fourth-order valence-electron chi connectivity index (χ4n) is 3.46. The Morgan fingerprint density at radius 2 is 2.10 bits per heavy atom. The minimum atomic E-state index is -1.03. The molecule has 1 fully saturated rings.